The van der Waals surface area contributed by atoms with Crippen molar-refractivity contribution in [2.75, 3.05) is 17.2 Å². The minimum Gasteiger partial charge on any atom is -0.456 e. The Hall–Kier alpha value is -3.19. The monoisotopic (exact) mass is 430 g/mol. The molecule has 0 heterocycles. The average Bonchev–Trinajstić information content (AvgIpc) is 2.69. The molecule has 0 aliphatic heterocycles. The molecule has 0 spiro atoms. The summed E-state index contributed by atoms with van der Waals surface area (Å²) in [6.07, 6.45) is 0.420. The highest BCUT2D eigenvalue weighted by molar-refractivity contribution is 6.31. The highest BCUT2D eigenvalue weighted by atomic mass is 35.5. The summed E-state index contributed by atoms with van der Waals surface area (Å²) < 4.78 is 4.92. The number of benzene rings is 2. The van der Waals surface area contributed by atoms with E-state index < -0.39 is 18.5 Å². The molecule has 0 saturated heterocycles. The zero-order valence-electron chi connectivity index (χ0n) is 16.8. The van der Waals surface area contributed by atoms with Gasteiger partial charge in [-0.1, -0.05) is 17.7 Å². The van der Waals surface area contributed by atoms with Gasteiger partial charge in [0.25, 0.3) is 5.91 Å². The van der Waals surface area contributed by atoms with Crippen LogP contribution in [0.2, 0.25) is 5.02 Å². The van der Waals surface area contributed by atoms with Crippen molar-refractivity contribution in [3.05, 3.63) is 58.6 Å². The fourth-order valence-corrected chi connectivity index (χ4v) is 2.67. The van der Waals surface area contributed by atoms with E-state index in [2.05, 4.69) is 10.6 Å². The molecule has 0 unspecified atom stereocenters. The van der Waals surface area contributed by atoms with Gasteiger partial charge in [0, 0.05) is 34.8 Å². The Morgan fingerprint density at radius 1 is 0.900 bits per heavy atom. The van der Waals surface area contributed by atoms with Gasteiger partial charge in [-0.15, -0.1) is 0 Å². The van der Waals surface area contributed by atoms with E-state index in [1.54, 1.807) is 42.5 Å². The Morgan fingerprint density at radius 3 is 2.17 bits per heavy atom. The quantitative estimate of drug-likeness (QED) is 0.459. The second-order valence-corrected chi connectivity index (χ2v) is 7.12. The molecule has 2 rings (SSSR count). The van der Waals surface area contributed by atoms with Crippen molar-refractivity contribution in [3.63, 3.8) is 0 Å². The molecule has 158 valence electrons. The number of esters is 1. The number of rotatable bonds is 9. The van der Waals surface area contributed by atoms with Crippen LogP contribution in [0.25, 0.3) is 0 Å². The summed E-state index contributed by atoms with van der Waals surface area (Å²) in [6.45, 7) is 2.90. The number of carbonyl (C=O) groups is 4. The van der Waals surface area contributed by atoms with E-state index in [4.69, 9.17) is 16.3 Å². The standard InChI is InChI=1S/C22H23ClN2O5/c1-14-6-9-18(12-19(14)23)25-21(28)13-30-22(29)5-3-4-20(27)24-17-10-7-16(8-11-17)15(2)26/h6-12H,3-5,13H2,1-2H3,(H,24,27)(H,25,28). The molecule has 2 N–H and O–H groups in total. The smallest absolute Gasteiger partial charge is 0.306 e. The van der Waals surface area contributed by atoms with Gasteiger partial charge in [-0.3, -0.25) is 19.2 Å². The predicted octanol–water partition coefficient (Wildman–Crippen LogP) is 4.14. The number of ether oxygens (including phenoxy) is 1. The molecule has 0 aliphatic carbocycles. The van der Waals surface area contributed by atoms with E-state index in [-0.39, 0.29) is 31.0 Å². The first kappa shape index (κ1) is 23.1. The average molecular weight is 431 g/mol. The van der Waals surface area contributed by atoms with Gasteiger partial charge in [-0.05, 0) is 62.2 Å². The van der Waals surface area contributed by atoms with Crippen LogP contribution in [-0.2, 0) is 19.1 Å². The molecule has 0 aromatic heterocycles. The fraction of sp³-hybridized carbons (Fsp3) is 0.273. The van der Waals surface area contributed by atoms with Crippen LogP contribution in [0.15, 0.2) is 42.5 Å². The van der Waals surface area contributed by atoms with E-state index in [9.17, 15) is 19.2 Å². The minimum absolute atomic E-state index is 0.0142. The van der Waals surface area contributed by atoms with Crippen LogP contribution in [-0.4, -0.2) is 30.2 Å². The zero-order valence-corrected chi connectivity index (χ0v) is 17.5. The molecular weight excluding hydrogens is 408 g/mol. The summed E-state index contributed by atoms with van der Waals surface area (Å²) in [5.74, 6) is -1.35. The van der Waals surface area contributed by atoms with Gasteiger partial charge in [0.15, 0.2) is 12.4 Å². The van der Waals surface area contributed by atoms with Crippen molar-refractivity contribution in [2.24, 2.45) is 0 Å². The van der Waals surface area contributed by atoms with E-state index in [0.29, 0.717) is 22.0 Å². The molecule has 0 bridgehead atoms. The van der Waals surface area contributed by atoms with E-state index in [1.165, 1.54) is 6.92 Å². The number of amides is 2. The van der Waals surface area contributed by atoms with Crippen LogP contribution in [0.3, 0.4) is 0 Å². The van der Waals surface area contributed by atoms with Gasteiger partial charge in [-0.2, -0.15) is 0 Å². The van der Waals surface area contributed by atoms with Crippen molar-refractivity contribution in [2.45, 2.75) is 33.1 Å². The third-order valence-electron chi connectivity index (χ3n) is 4.18. The van der Waals surface area contributed by atoms with Crippen LogP contribution in [0.5, 0.6) is 0 Å². The molecular formula is C22H23ClN2O5. The Balaban J connectivity index is 1.65. The van der Waals surface area contributed by atoms with Crippen molar-refractivity contribution >= 4 is 46.5 Å². The van der Waals surface area contributed by atoms with Crippen LogP contribution in [0.1, 0.15) is 42.1 Å². The number of aryl methyl sites for hydroxylation is 1. The first-order chi connectivity index (χ1) is 14.2. The predicted molar refractivity (Wildman–Crippen MR) is 115 cm³/mol. The highest BCUT2D eigenvalue weighted by Crippen LogP contribution is 2.19. The number of hydrogen-bond donors (Lipinski definition) is 2. The normalized spacial score (nSPS) is 10.2. The Labute approximate surface area is 179 Å². The third-order valence-corrected chi connectivity index (χ3v) is 4.59. The summed E-state index contributed by atoms with van der Waals surface area (Å²) >= 11 is 6.00. The zero-order chi connectivity index (χ0) is 22.1. The molecule has 0 atom stereocenters. The lowest BCUT2D eigenvalue weighted by Gasteiger charge is -2.08. The molecule has 2 aromatic rings. The van der Waals surface area contributed by atoms with Crippen LogP contribution >= 0.6 is 11.6 Å². The SMILES string of the molecule is CC(=O)c1ccc(NC(=O)CCCC(=O)OCC(=O)Nc2ccc(C)c(Cl)c2)cc1. The number of Topliss-reactive ketones (excluding diaryl/α,β-unsaturated/α-hetero) is 1. The third kappa shape index (κ3) is 7.67. The van der Waals surface area contributed by atoms with E-state index >= 15 is 0 Å². The first-order valence-corrected chi connectivity index (χ1v) is 9.75. The molecule has 2 aromatic carbocycles. The van der Waals surface area contributed by atoms with Gasteiger partial charge in [0.05, 0.1) is 0 Å². The second-order valence-electron chi connectivity index (χ2n) is 6.71. The minimum atomic E-state index is -0.564. The molecule has 0 aliphatic rings. The summed E-state index contributed by atoms with van der Waals surface area (Å²) in [6, 6.07) is 11.6. The maximum Gasteiger partial charge on any atom is 0.306 e. The number of ketones is 1. The molecule has 8 heteroatoms. The van der Waals surface area contributed by atoms with Crippen molar-refractivity contribution in [1.29, 1.82) is 0 Å². The molecule has 0 saturated carbocycles. The summed E-state index contributed by atoms with van der Waals surface area (Å²) in [5, 5.41) is 5.81. The van der Waals surface area contributed by atoms with Crippen LogP contribution in [0, 0.1) is 6.92 Å². The van der Waals surface area contributed by atoms with Crippen molar-refractivity contribution in [3.8, 4) is 0 Å². The number of anilines is 2. The topological polar surface area (TPSA) is 102 Å². The van der Waals surface area contributed by atoms with Crippen LogP contribution in [0.4, 0.5) is 11.4 Å². The van der Waals surface area contributed by atoms with Gasteiger partial charge >= 0.3 is 5.97 Å². The van der Waals surface area contributed by atoms with Crippen molar-refractivity contribution in [1.82, 2.24) is 0 Å². The second kappa shape index (κ2) is 11.1. The summed E-state index contributed by atoms with van der Waals surface area (Å²) in [5.41, 5.74) is 2.53. The van der Waals surface area contributed by atoms with Gasteiger partial charge in [0.2, 0.25) is 5.91 Å². The molecule has 2 amide bonds. The van der Waals surface area contributed by atoms with E-state index in [0.717, 1.165) is 5.56 Å². The van der Waals surface area contributed by atoms with Gasteiger partial charge < -0.3 is 15.4 Å². The van der Waals surface area contributed by atoms with Crippen LogP contribution < -0.4 is 10.6 Å². The summed E-state index contributed by atoms with van der Waals surface area (Å²) in [4.78, 5) is 46.8. The Kier molecular flexibility index (Phi) is 8.55. The van der Waals surface area contributed by atoms with E-state index in [1.807, 2.05) is 6.92 Å². The van der Waals surface area contributed by atoms with Crippen molar-refractivity contribution < 1.29 is 23.9 Å². The molecule has 0 fully saturated rings. The number of hydrogen-bond acceptors (Lipinski definition) is 5. The molecule has 7 nitrogen and oxygen atoms in total. The highest BCUT2D eigenvalue weighted by Gasteiger charge is 2.10. The van der Waals surface area contributed by atoms with Gasteiger partial charge in [-0.25, -0.2) is 0 Å². The van der Waals surface area contributed by atoms with Gasteiger partial charge in [0.1, 0.15) is 0 Å². The lowest BCUT2D eigenvalue weighted by Crippen LogP contribution is -2.21. The number of nitrogens with one attached hydrogen (secondary N) is 2. The lowest BCUT2D eigenvalue weighted by molar-refractivity contribution is -0.147. The number of halogens is 1. The Morgan fingerprint density at radius 2 is 1.53 bits per heavy atom. The first-order valence-electron chi connectivity index (χ1n) is 9.37. The maximum atomic E-state index is 11.9. The summed E-state index contributed by atoms with van der Waals surface area (Å²) in [7, 11) is 0. The maximum absolute atomic E-state index is 11.9. The molecule has 0 radical (unpaired) electrons. The fourth-order valence-electron chi connectivity index (χ4n) is 2.49. The molecule has 30 heavy (non-hydrogen) atoms. The largest absolute Gasteiger partial charge is 0.456 e. The lowest BCUT2D eigenvalue weighted by atomic mass is 10.1. The Bertz CT molecular complexity index is 941. The number of carbonyl (C=O) groups excluding carboxylic acids is 4.